The summed E-state index contributed by atoms with van der Waals surface area (Å²) in [5.74, 6) is -0.309. The summed E-state index contributed by atoms with van der Waals surface area (Å²) < 4.78 is 5.52. The van der Waals surface area contributed by atoms with E-state index in [-0.39, 0.29) is 18.1 Å². The Morgan fingerprint density at radius 3 is 2.42 bits per heavy atom. The molecule has 0 heterocycles. The van der Waals surface area contributed by atoms with Crippen LogP contribution in [0.1, 0.15) is 52.9 Å². The Balaban J connectivity index is 2.41. The lowest BCUT2D eigenvalue weighted by molar-refractivity contribution is -0.126. The number of carbonyl (C=O) groups is 1. The van der Waals surface area contributed by atoms with Crippen LogP contribution in [-0.4, -0.2) is 41.4 Å². The lowest BCUT2D eigenvalue weighted by Crippen LogP contribution is -2.58. The Bertz CT molecular complexity index is 294. The van der Waals surface area contributed by atoms with E-state index in [1.54, 1.807) is 0 Å². The van der Waals surface area contributed by atoms with E-state index in [2.05, 4.69) is 5.32 Å². The maximum absolute atomic E-state index is 11.7. The summed E-state index contributed by atoms with van der Waals surface area (Å²) in [6.45, 7) is 6.42. The predicted octanol–water partition coefficient (Wildman–Crippen LogP) is 0.940. The first-order valence-electron chi connectivity index (χ1n) is 7.12. The number of carbonyl (C=O) groups excluding carboxylic acids is 1. The van der Waals surface area contributed by atoms with E-state index in [1.807, 2.05) is 20.8 Å². The lowest BCUT2D eigenvalue weighted by atomic mass is 9.81. The summed E-state index contributed by atoms with van der Waals surface area (Å²) in [5.41, 5.74) is 4.61. The Labute approximate surface area is 115 Å². The van der Waals surface area contributed by atoms with Crippen molar-refractivity contribution in [2.24, 2.45) is 5.73 Å². The average molecular weight is 272 g/mol. The van der Waals surface area contributed by atoms with Crippen molar-refractivity contribution in [2.75, 3.05) is 13.2 Å². The van der Waals surface area contributed by atoms with Crippen LogP contribution in [0.2, 0.25) is 0 Å². The molecule has 5 nitrogen and oxygen atoms in total. The minimum absolute atomic E-state index is 0.255. The summed E-state index contributed by atoms with van der Waals surface area (Å²) >= 11 is 0. The molecule has 19 heavy (non-hydrogen) atoms. The van der Waals surface area contributed by atoms with Crippen LogP contribution in [0.5, 0.6) is 0 Å². The third-order valence-electron chi connectivity index (χ3n) is 3.56. The number of ether oxygens (including phenoxy) is 1. The van der Waals surface area contributed by atoms with Crippen LogP contribution in [0.15, 0.2) is 0 Å². The number of β-amino-alcohol motifs (C(OH)–C–C–N with tert-alkyl or cyclic N) is 1. The van der Waals surface area contributed by atoms with Gasteiger partial charge in [0, 0.05) is 6.54 Å². The number of hydrogen-bond acceptors (Lipinski definition) is 4. The van der Waals surface area contributed by atoms with Crippen molar-refractivity contribution in [3.63, 3.8) is 0 Å². The lowest BCUT2D eigenvalue weighted by Gasteiger charge is -2.36. The molecule has 0 spiro atoms. The van der Waals surface area contributed by atoms with Crippen molar-refractivity contribution in [3.8, 4) is 0 Å². The number of aliphatic hydroxyl groups excluding tert-OH is 1. The van der Waals surface area contributed by atoms with Crippen molar-refractivity contribution < 1.29 is 14.6 Å². The Morgan fingerprint density at radius 1 is 1.37 bits per heavy atom. The van der Waals surface area contributed by atoms with Gasteiger partial charge in [0.25, 0.3) is 0 Å². The summed E-state index contributed by atoms with van der Waals surface area (Å²) in [7, 11) is 0. The highest BCUT2D eigenvalue weighted by molar-refractivity contribution is 5.84. The third kappa shape index (κ3) is 5.47. The van der Waals surface area contributed by atoms with E-state index in [4.69, 9.17) is 10.5 Å². The van der Waals surface area contributed by atoms with Gasteiger partial charge in [-0.2, -0.15) is 0 Å². The molecule has 1 unspecified atom stereocenters. The van der Waals surface area contributed by atoms with Crippen molar-refractivity contribution in [2.45, 2.75) is 70.1 Å². The first kappa shape index (κ1) is 16.4. The highest BCUT2D eigenvalue weighted by Crippen LogP contribution is 2.27. The van der Waals surface area contributed by atoms with Gasteiger partial charge in [-0.25, -0.2) is 0 Å². The molecule has 0 aromatic rings. The molecule has 0 aliphatic heterocycles. The number of nitrogens with two attached hydrogens (primary N) is 1. The second-order valence-corrected chi connectivity index (χ2v) is 6.47. The first-order chi connectivity index (χ1) is 8.75. The number of hydrogen-bond donors (Lipinski definition) is 3. The number of amides is 1. The van der Waals surface area contributed by atoms with Crippen LogP contribution < -0.4 is 11.1 Å². The Hall–Kier alpha value is -0.650. The molecule has 0 bridgehead atoms. The molecule has 1 atom stereocenters. The van der Waals surface area contributed by atoms with Crippen LogP contribution in [-0.2, 0) is 9.53 Å². The van der Waals surface area contributed by atoms with Gasteiger partial charge in [0.1, 0.15) is 0 Å². The predicted molar refractivity (Wildman–Crippen MR) is 74.7 cm³/mol. The molecule has 0 aromatic carbocycles. The molecule has 5 heteroatoms. The van der Waals surface area contributed by atoms with Gasteiger partial charge in [0.05, 0.1) is 23.9 Å². The van der Waals surface area contributed by atoms with Gasteiger partial charge < -0.3 is 20.9 Å². The summed E-state index contributed by atoms with van der Waals surface area (Å²) in [6, 6.07) is 0. The van der Waals surface area contributed by atoms with Crippen LogP contribution in [0.4, 0.5) is 0 Å². The average Bonchev–Trinajstić information content (AvgIpc) is 2.34. The minimum atomic E-state index is -0.638. The zero-order valence-corrected chi connectivity index (χ0v) is 12.4. The zero-order chi connectivity index (χ0) is 14.5. The smallest absolute Gasteiger partial charge is 0.237 e. The number of primary amides is 1. The SMILES string of the molecule is CC(C)(C)OCC(O)CNC1(C(N)=O)CCCCC1. The monoisotopic (exact) mass is 272 g/mol. The molecule has 1 rings (SSSR count). The van der Waals surface area contributed by atoms with E-state index in [0.717, 1.165) is 32.1 Å². The second kappa shape index (κ2) is 6.68. The summed E-state index contributed by atoms with van der Waals surface area (Å²) in [4.78, 5) is 11.7. The molecule has 0 radical (unpaired) electrons. The van der Waals surface area contributed by atoms with Crippen LogP contribution in [0, 0.1) is 0 Å². The van der Waals surface area contributed by atoms with E-state index in [0.29, 0.717) is 6.54 Å². The van der Waals surface area contributed by atoms with Gasteiger partial charge in [-0.1, -0.05) is 19.3 Å². The zero-order valence-electron chi connectivity index (χ0n) is 12.4. The molecular formula is C14H28N2O3. The number of rotatable bonds is 6. The summed E-state index contributed by atoms with van der Waals surface area (Å²) in [6.07, 6.45) is 4.05. The number of aliphatic hydroxyl groups is 1. The van der Waals surface area contributed by atoms with Gasteiger partial charge in [-0.3, -0.25) is 4.79 Å². The highest BCUT2D eigenvalue weighted by Gasteiger charge is 2.37. The van der Waals surface area contributed by atoms with Gasteiger partial charge in [0.2, 0.25) is 5.91 Å². The molecule has 1 aliphatic carbocycles. The molecule has 1 saturated carbocycles. The topological polar surface area (TPSA) is 84.6 Å². The molecule has 1 amide bonds. The van der Waals surface area contributed by atoms with Gasteiger partial charge in [0.15, 0.2) is 0 Å². The fraction of sp³-hybridized carbons (Fsp3) is 0.929. The maximum atomic E-state index is 11.7. The molecule has 4 N–H and O–H groups in total. The minimum Gasteiger partial charge on any atom is -0.389 e. The Kier molecular flexibility index (Phi) is 5.77. The number of nitrogens with one attached hydrogen (secondary N) is 1. The van der Waals surface area contributed by atoms with Crippen molar-refractivity contribution in [1.82, 2.24) is 5.32 Å². The van der Waals surface area contributed by atoms with Crippen molar-refractivity contribution in [3.05, 3.63) is 0 Å². The summed E-state index contributed by atoms with van der Waals surface area (Å²) in [5, 5.41) is 13.1. The first-order valence-corrected chi connectivity index (χ1v) is 7.12. The van der Waals surface area contributed by atoms with E-state index >= 15 is 0 Å². The van der Waals surface area contributed by atoms with E-state index in [9.17, 15) is 9.90 Å². The molecule has 1 aliphatic rings. The van der Waals surface area contributed by atoms with Gasteiger partial charge >= 0.3 is 0 Å². The quantitative estimate of drug-likeness (QED) is 0.672. The van der Waals surface area contributed by atoms with E-state index in [1.165, 1.54) is 0 Å². The van der Waals surface area contributed by atoms with E-state index < -0.39 is 11.6 Å². The fourth-order valence-electron chi connectivity index (χ4n) is 2.38. The molecule has 1 fully saturated rings. The van der Waals surface area contributed by atoms with Gasteiger partial charge in [-0.05, 0) is 33.6 Å². The molecule has 0 aromatic heterocycles. The molecule has 112 valence electrons. The van der Waals surface area contributed by atoms with Crippen LogP contribution >= 0.6 is 0 Å². The van der Waals surface area contributed by atoms with Crippen molar-refractivity contribution in [1.29, 1.82) is 0 Å². The fourth-order valence-corrected chi connectivity index (χ4v) is 2.38. The standard InChI is InChI=1S/C14H28N2O3/c1-13(2,3)19-10-11(17)9-16-14(12(15)18)7-5-4-6-8-14/h11,16-17H,4-10H2,1-3H3,(H2,15,18). The Morgan fingerprint density at radius 2 is 1.95 bits per heavy atom. The van der Waals surface area contributed by atoms with Gasteiger partial charge in [-0.15, -0.1) is 0 Å². The maximum Gasteiger partial charge on any atom is 0.237 e. The second-order valence-electron chi connectivity index (χ2n) is 6.47. The largest absolute Gasteiger partial charge is 0.389 e. The third-order valence-corrected chi connectivity index (χ3v) is 3.56. The highest BCUT2D eigenvalue weighted by atomic mass is 16.5. The van der Waals surface area contributed by atoms with Crippen LogP contribution in [0.3, 0.4) is 0 Å². The molecule has 0 saturated heterocycles. The molecular weight excluding hydrogens is 244 g/mol. The van der Waals surface area contributed by atoms with Crippen molar-refractivity contribution >= 4 is 5.91 Å². The van der Waals surface area contributed by atoms with Crippen LogP contribution in [0.25, 0.3) is 0 Å². The normalized spacial score (nSPS) is 21.1.